The Hall–Kier alpha value is -6.59. The quantitative estimate of drug-likeness (QED) is 0.0224. The van der Waals surface area contributed by atoms with Gasteiger partial charge in [-0.2, -0.15) is 0 Å². The van der Waals surface area contributed by atoms with Crippen molar-refractivity contribution in [3.63, 3.8) is 0 Å². The average molecular weight is 1260 g/mol. The monoisotopic (exact) mass is 1260 g/mol. The maximum Gasteiger partial charge on any atom is 0.329 e. The van der Waals surface area contributed by atoms with Crippen LogP contribution >= 0.6 is 11.8 Å². The molecule has 13 N–H and O–H groups in total. The summed E-state index contributed by atoms with van der Waals surface area (Å²) in [6, 6.07) is -0.987. The molecule has 488 valence electrons. The molecule has 87 heavy (non-hydrogen) atoms. The molecule has 0 aromatic heterocycles. The van der Waals surface area contributed by atoms with Crippen molar-refractivity contribution in [1.82, 2.24) is 36.6 Å². The number of thioether (sulfide) groups is 1. The van der Waals surface area contributed by atoms with E-state index >= 15 is 0 Å². The van der Waals surface area contributed by atoms with Crippen LogP contribution in [0.4, 0.5) is 0 Å². The zero-order valence-electron chi connectivity index (χ0n) is 53.3. The van der Waals surface area contributed by atoms with Gasteiger partial charge in [-0.15, -0.1) is 11.8 Å². The largest absolute Gasteiger partial charge is 0.487 e. The van der Waals surface area contributed by atoms with Gasteiger partial charge < -0.3 is 72.2 Å². The summed E-state index contributed by atoms with van der Waals surface area (Å²) in [5, 5.41) is 34.2. The lowest BCUT2D eigenvalue weighted by molar-refractivity contribution is -0.153. The lowest BCUT2D eigenvalue weighted by atomic mass is 9.93. The fourth-order valence-corrected chi connectivity index (χ4v) is 11.8. The number of primary amides is 1. The van der Waals surface area contributed by atoms with Crippen LogP contribution in [0.15, 0.2) is 35.2 Å². The highest BCUT2D eigenvalue weighted by molar-refractivity contribution is 8.00. The molecule has 1 aliphatic heterocycles. The predicted molar refractivity (Wildman–Crippen MR) is 328 cm³/mol. The number of ether oxygens (including phenoxy) is 5. The van der Waals surface area contributed by atoms with Gasteiger partial charge in [-0.1, -0.05) is 30.3 Å². The number of aliphatic carboxylic acids is 1. The van der Waals surface area contributed by atoms with Gasteiger partial charge in [0.25, 0.3) is 10.0 Å². The van der Waals surface area contributed by atoms with Crippen LogP contribution in [-0.4, -0.2) is 162 Å². The summed E-state index contributed by atoms with van der Waals surface area (Å²) in [4.78, 5) is 109. The molecule has 0 fully saturated rings. The van der Waals surface area contributed by atoms with E-state index in [0.717, 1.165) is 22.9 Å². The Labute approximate surface area is 515 Å². The van der Waals surface area contributed by atoms with Crippen LogP contribution in [0.5, 0.6) is 5.75 Å². The molecule has 0 radical (unpaired) electrons. The highest BCUT2D eigenvalue weighted by Gasteiger charge is 2.42. The Bertz CT molecular complexity index is 2910. The Morgan fingerprint density at radius 3 is 1.66 bits per heavy atom. The SMILES string of the molecule is Cc1c(C)c(S(=O)(=O)NC(=N)NCCC[C@H](NC(=O)[C@@H](NC(=O)[C@@H](NC(=O)[C@@H](NC(=O)[C@@H](N)CSCC(N)=O)[C@@H](C)OC(C)(C)C)[C@@H](C)OC(C)(C)C)[C@@H](C)OC(C)(C)C)C(=O)N[C@@H](CC(=O)O)C(=O)OCc2ccccc2)c(C)c2c1CC(C)(C)O2. The van der Waals surface area contributed by atoms with Crippen molar-refractivity contribution in [3.8, 4) is 5.75 Å². The number of amides is 6. The van der Waals surface area contributed by atoms with Crippen molar-refractivity contribution in [2.24, 2.45) is 11.5 Å². The van der Waals surface area contributed by atoms with Gasteiger partial charge >= 0.3 is 11.9 Å². The number of carboxylic acids is 1. The zero-order chi connectivity index (χ0) is 66.3. The molecule has 0 saturated carbocycles. The minimum absolute atomic E-state index is 0.0407. The van der Waals surface area contributed by atoms with Crippen molar-refractivity contribution in [3.05, 3.63) is 58.1 Å². The van der Waals surface area contributed by atoms with Crippen molar-refractivity contribution in [2.45, 2.75) is 232 Å². The van der Waals surface area contributed by atoms with Crippen LogP contribution in [-0.2, 0) is 80.4 Å². The Morgan fingerprint density at radius 1 is 0.713 bits per heavy atom. The first-order valence-electron chi connectivity index (χ1n) is 28.7. The van der Waals surface area contributed by atoms with E-state index in [2.05, 4.69) is 36.6 Å². The van der Waals surface area contributed by atoms with Crippen LogP contribution < -0.4 is 52.8 Å². The van der Waals surface area contributed by atoms with Gasteiger partial charge in [0, 0.05) is 29.8 Å². The molecule has 0 unspecified atom stereocenters. The third-order valence-corrected chi connectivity index (χ3v) is 16.0. The number of carboxylic acid groups (broad SMARTS) is 1. The first-order chi connectivity index (χ1) is 39.9. The molecule has 28 heteroatoms. The predicted octanol–water partition coefficient (Wildman–Crippen LogP) is 2.71. The van der Waals surface area contributed by atoms with Gasteiger partial charge in [-0.3, -0.25) is 39.0 Å². The van der Waals surface area contributed by atoms with Crippen LogP contribution in [0.25, 0.3) is 0 Å². The standard InChI is InChI=1S/C59H94N10O16S2/c1-31-32(2)48(33(3)47-38(31)27-59(16,17)85-47)87(79,80)69-55(62)63-25-21-24-40(50(74)65-41(26-43(71)72)54(78)81-28-37-22-19-18-20-23-37)64-51(75)44(34(4)82-56(7,8)9)67-53(77)46(36(6)84-58(13,14)15)68-52(76)45(35(5)83-57(10,11)12)66-49(73)39(60)29-86-30-42(61)70/h18-20,22-23,34-36,39-41,44-46H,21,24-30,60H2,1-17H3,(H2,61,70)(H,64,75)(H,65,74)(H,66,73)(H,67,77)(H,68,76)(H,71,72)(H3,62,63,69)/t34-,35-,36-,39+,40+,41+,44+,45+,46+/m1/s1. The summed E-state index contributed by atoms with van der Waals surface area (Å²) in [6.07, 6.45) is -4.18. The van der Waals surface area contributed by atoms with E-state index in [1.807, 2.05) is 20.8 Å². The third-order valence-electron chi connectivity index (χ3n) is 13.3. The van der Waals surface area contributed by atoms with Gasteiger partial charge in [0.15, 0.2) is 0 Å². The molecule has 0 spiro atoms. The zero-order valence-corrected chi connectivity index (χ0v) is 54.9. The normalized spacial score (nSPS) is 16.3. The van der Waals surface area contributed by atoms with E-state index in [4.69, 9.17) is 40.6 Å². The molecule has 2 aromatic carbocycles. The molecule has 1 aliphatic rings. The van der Waals surface area contributed by atoms with Crippen LogP contribution in [0.3, 0.4) is 0 Å². The first-order valence-corrected chi connectivity index (χ1v) is 31.3. The van der Waals surface area contributed by atoms with Gasteiger partial charge in [-0.05, 0) is 147 Å². The molecular weight excluding hydrogens is 1170 g/mol. The van der Waals surface area contributed by atoms with Gasteiger partial charge in [0.2, 0.25) is 41.4 Å². The molecule has 3 rings (SSSR count). The topological polar surface area (TPSA) is 397 Å². The Morgan fingerprint density at radius 2 is 1.18 bits per heavy atom. The highest BCUT2D eigenvalue weighted by atomic mass is 32.2. The van der Waals surface area contributed by atoms with Crippen molar-refractivity contribution in [2.75, 3.05) is 18.1 Å². The number of nitrogens with one attached hydrogen (secondary N) is 8. The van der Waals surface area contributed by atoms with Crippen LogP contribution in [0, 0.1) is 26.2 Å². The van der Waals surface area contributed by atoms with Crippen molar-refractivity contribution in [1.29, 1.82) is 5.41 Å². The second kappa shape index (κ2) is 31.5. The van der Waals surface area contributed by atoms with Gasteiger partial charge in [-0.25, -0.2) is 17.9 Å². The summed E-state index contributed by atoms with van der Waals surface area (Å²) in [7, 11) is -4.38. The summed E-state index contributed by atoms with van der Waals surface area (Å²) < 4.78 is 60.3. The number of hydrogen-bond donors (Lipinski definition) is 11. The molecular formula is C59H94N10O16S2. The number of esters is 1. The molecule has 0 saturated heterocycles. The molecule has 6 amide bonds. The smallest absolute Gasteiger partial charge is 0.329 e. The average Bonchev–Trinajstić information content (AvgIpc) is 1.70. The van der Waals surface area contributed by atoms with E-state index in [9.17, 15) is 51.9 Å². The summed E-state index contributed by atoms with van der Waals surface area (Å²) >= 11 is 1.01. The number of benzene rings is 2. The minimum atomic E-state index is -4.38. The highest BCUT2D eigenvalue weighted by Crippen LogP contribution is 2.44. The van der Waals surface area contributed by atoms with E-state index in [0.29, 0.717) is 28.9 Å². The molecule has 0 bridgehead atoms. The molecule has 9 atom stereocenters. The number of carbonyl (C=O) groups excluding carboxylic acids is 7. The maximum absolute atomic E-state index is 14.9. The minimum Gasteiger partial charge on any atom is -0.487 e. The fraction of sp³-hybridized carbons (Fsp3) is 0.644. The van der Waals surface area contributed by atoms with Crippen molar-refractivity contribution < 1.29 is 75.6 Å². The Balaban J connectivity index is 2.06. The number of sulfonamides is 1. The fourth-order valence-electron chi connectivity index (χ4n) is 9.58. The first kappa shape index (κ1) is 74.7. The molecule has 2 aromatic rings. The van der Waals surface area contributed by atoms with Crippen LogP contribution in [0.1, 0.15) is 144 Å². The van der Waals surface area contributed by atoms with Crippen LogP contribution in [0.2, 0.25) is 0 Å². The second-order valence-corrected chi connectivity index (χ2v) is 27.9. The molecule has 1 heterocycles. The van der Waals surface area contributed by atoms with E-state index < -0.39 is 147 Å². The number of rotatable bonds is 31. The van der Waals surface area contributed by atoms with Gasteiger partial charge in [0.05, 0.1) is 58.2 Å². The third kappa shape index (κ3) is 24.5. The summed E-state index contributed by atoms with van der Waals surface area (Å²) in [5.74, 6) is -8.36. The molecule has 0 aliphatic carbocycles. The summed E-state index contributed by atoms with van der Waals surface area (Å²) in [5.41, 5.74) is 11.2. The lowest BCUT2D eigenvalue weighted by Gasteiger charge is -2.36. The number of carbonyl (C=O) groups is 8. The maximum atomic E-state index is 14.9. The number of guanidine groups is 1. The Kier molecular flexibility index (Phi) is 27.1. The number of fused-ring (bicyclic) bond motifs is 1. The van der Waals surface area contributed by atoms with E-state index in [-0.39, 0.29) is 42.4 Å². The molecule has 26 nitrogen and oxygen atoms in total. The number of hydrogen-bond acceptors (Lipinski definition) is 18. The van der Waals surface area contributed by atoms with E-state index in [1.165, 1.54) is 20.8 Å². The summed E-state index contributed by atoms with van der Waals surface area (Å²) in [6.45, 7) is 28.3. The van der Waals surface area contributed by atoms with Crippen molar-refractivity contribution >= 4 is 75.1 Å². The lowest BCUT2D eigenvalue weighted by Crippen LogP contribution is -2.65. The van der Waals surface area contributed by atoms with Gasteiger partial charge in [0.1, 0.15) is 48.2 Å². The van der Waals surface area contributed by atoms with E-state index in [1.54, 1.807) is 106 Å². The second-order valence-electron chi connectivity index (χ2n) is 25.3. The number of nitrogens with two attached hydrogens (primary N) is 2.